The first-order valence-corrected chi connectivity index (χ1v) is 9.14. The Labute approximate surface area is 159 Å². The molecule has 0 saturated carbocycles. The number of phenolic OH excluding ortho intramolecular Hbond substituents is 1. The van der Waals surface area contributed by atoms with Crippen molar-refractivity contribution in [1.29, 1.82) is 0 Å². The number of fused-ring (bicyclic) bond motifs is 1. The van der Waals surface area contributed by atoms with E-state index in [9.17, 15) is 5.11 Å². The van der Waals surface area contributed by atoms with Crippen LogP contribution in [0.2, 0.25) is 0 Å². The number of hydrogen-bond donors (Lipinski definition) is 1. The Morgan fingerprint density at radius 3 is 2.59 bits per heavy atom. The fourth-order valence-electron chi connectivity index (χ4n) is 2.88. The van der Waals surface area contributed by atoms with E-state index < -0.39 is 0 Å². The van der Waals surface area contributed by atoms with Gasteiger partial charge in [-0.25, -0.2) is 4.98 Å². The van der Waals surface area contributed by atoms with E-state index in [2.05, 4.69) is 6.92 Å². The summed E-state index contributed by atoms with van der Waals surface area (Å²) in [5.74, 6) is 2.02. The Balaban J connectivity index is 1.89. The van der Waals surface area contributed by atoms with Crippen LogP contribution in [0.3, 0.4) is 0 Å². The number of phenols is 1. The van der Waals surface area contributed by atoms with Gasteiger partial charge in [-0.3, -0.25) is 0 Å². The van der Waals surface area contributed by atoms with Crippen LogP contribution in [0.4, 0.5) is 0 Å². The number of rotatable bonds is 8. The van der Waals surface area contributed by atoms with Crippen molar-refractivity contribution in [3.05, 3.63) is 53.7 Å². The second-order valence-electron chi connectivity index (χ2n) is 6.39. The molecule has 5 heteroatoms. The minimum atomic E-state index is 0.0936. The van der Waals surface area contributed by atoms with Crippen LogP contribution < -0.4 is 14.2 Å². The maximum Gasteiger partial charge on any atom is 0.133 e. The van der Waals surface area contributed by atoms with Gasteiger partial charge in [0.25, 0.3) is 0 Å². The van der Waals surface area contributed by atoms with E-state index in [1.165, 1.54) is 6.07 Å². The summed E-state index contributed by atoms with van der Waals surface area (Å²) in [7, 11) is 1.55. The molecule has 0 bridgehead atoms. The van der Waals surface area contributed by atoms with E-state index in [0.29, 0.717) is 18.1 Å². The topological polar surface area (TPSA) is 60.8 Å². The number of benzene rings is 2. The fraction of sp³-hybridized carbons (Fsp3) is 0.318. The summed E-state index contributed by atoms with van der Waals surface area (Å²) in [5.41, 5.74) is 2.65. The smallest absolute Gasteiger partial charge is 0.133 e. The van der Waals surface area contributed by atoms with E-state index in [-0.39, 0.29) is 12.4 Å². The molecule has 0 atom stereocenters. The van der Waals surface area contributed by atoms with Gasteiger partial charge in [0.1, 0.15) is 29.6 Å². The molecule has 0 fully saturated rings. The van der Waals surface area contributed by atoms with Crippen LogP contribution in [0.25, 0.3) is 10.9 Å². The third-order valence-corrected chi connectivity index (χ3v) is 4.40. The number of methoxy groups -OCH3 is 1. The summed E-state index contributed by atoms with van der Waals surface area (Å²) < 4.78 is 17.1. The van der Waals surface area contributed by atoms with Gasteiger partial charge in [0.15, 0.2) is 0 Å². The van der Waals surface area contributed by atoms with Crippen molar-refractivity contribution in [1.82, 2.24) is 4.98 Å². The molecule has 0 aliphatic heterocycles. The average Bonchev–Trinajstić information content (AvgIpc) is 2.68. The lowest BCUT2D eigenvalue weighted by atomic mass is 10.1. The predicted molar refractivity (Wildman–Crippen MR) is 106 cm³/mol. The highest BCUT2D eigenvalue weighted by Crippen LogP contribution is 2.32. The van der Waals surface area contributed by atoms with Crippen LogP contribution in [0, 0.1) is 6.92 Å². The molecule has 5 nitrogen and oxygen atoms in total. The molecule has 1 heterocycles. The van der Waals surface area contributed by atoms with Crippen LogP contribution in [-0.4, -0.2) is 23.8 Å². The second-order valence-corrected chi connectivity index (χ2v) is 6.39. The van der Waals surface area contributed by atoms with Crippen LogP contribution >= 0.6 is 0 Å². The first-order valence-electron chi connectivity index (χ1n) is 9.14. The zero-order chi connectivity index (χ0) is 19.2. The predicted octanol–water partition coefficient (Wildman–Crippen LogP) is 5.02. The molecule has 3 rings (SSSR count). The van der Waals surface area contributed by atoms with Crippen molar-refractivity contribution in [3.8, 4) is 23.0 Å². The largest absolute Gasteiger partial charge is 0.508 e. The SMILES string of the molecule is CCCCOc1c(C)c(COc2cc(O)cc(OC)c2)nc2ccccc12. The third kappa shape index (κ3) is 4.42. The number of hydrogen-bond acceptors (Lipinski definition) is 5. The van der Waals surface area contributed by atoms with Gasteiger partial charge in [-0.15, -0.1) is 0 Å². The maximum absolute atomic E-state index is 9.79. The Morgan fingerprint density at radius 1 is 1.04 bits per heavy atom. The third-order valence-electron chi connectivity index (χ3n) is 4.40. The van der Waals surface area contributed by atoms with E-state index >= 15 is 0 Å². The number of aromatic nitrogens is 1. The lowest BCUT2D eigenvalue weighted by molar-refractivity contribution is 0.290. The average molecular weight is 367 g/mol. The highest BCUT2D eigenvalue weighted by molar-refractivity contribution is 5.86. The number of nitrogens with zero attached hydrogens (tertiary/aromatic N) is 1. The molecule has 142 valence electrons. The van der Waals surface area contributed by atoms with E-state index in [1.54, 1.807) is 19.2 Å². The summed E-state index contributed by atoms with van der Waals surface area (Å²) in [4.78, 5) is 4.74. The van der Waals surface area contributed by atoms with Crippen LogP contribution in [0.5, 0.6) is 23.0 Å². The molecule has 0 aliphatic rings. The summed E-state index contributed by atoms with van der Waals surface area (Å²) in [6.07, 6.45) is 2.09. The van der Waals surface area contributed by atoms with Gasteiger partial charge < -0.3 is 19.3 Å². The number of aromatic hydroxyl groups is 1. The molecule has 0 radical (unpaired) electrons. The van der Waals surface area contributed by atoms with Gasteiger partial charge in [-0.2, -0.15) is 0 Å². The molecule has 1 N–H and O–H groups in total. The van der Waals surface area contributed by atoms with E-state index in [4.69, 9.17) is 19.2 Å². The van der Waals surface area contributed by atoms with Crippen LogP contribution in [0.1, 0.15) is 31.0 Å². The summed E-state index contributed by atoms with van der Waals surface area (Å²) >= 11 is 0. The molecule has 1 aromatic heterocycles. The van der Waals surface area contributed by atoms with Crippen molar-refractivity contribution in [2.75, 3.05) is 13.7 Å². The number of pyridine rings is 1. The van der Waals surface area contributed by atoms with Gasteiger partial charge >= 0.3 is 0 Å². The molecular formula is C22H25NO4. The molecule has 0 spiro atoms. The van der Waals surface area contributed by atoms with Crippen LogP contribution in [0.15, 0.2) is 42.5 Å². The van der Waals surface area contributed by atoms with Crippen molar-refractivity contribution < 1.29 is 19.3 Å². The summed E-state index contributed by atoms with van der Waals surface area (Å²) in [6, 6.07) is 12.8. The fourth-order valence-corrected chi connectivity index (χ4v) is 2.88. The zero-order valence-corrected chi connectivity index (χ0v) is 16.0. The number of unbranched alkanes of at least 4 members (excludes halogenated alkanes) is 1. The molecule has 0 aliphatic carbocycles. The van der Waals surface area contributed by atoms with E-state index in [1.807, 2.05) is 31.2 Å². The van der Waals surface area contributed by atoms with Crippen molar-refractivity contribution in [2.45, 2.75) is 33.3 Å². The minimum Gasteiger partial charge on any atom is -0.508 e. The number of ether oxygens (including phenoxy) is 3. The Kier molecular flexibility index (Phi) is 6.01. The molecule has 0 saturated heterocycles. The quantitative estimate of drug-likeness (QED) is 0.567. The van der Waals surface area contributed by atoms with Gasteiger partial charge in [0.05, 0.1) is 24.9 Å². The van der Waals surface area contributed by atoms with Gasteiger partial charge in [0.2, 0.25) is 0 Å². The first-order chi connectivity index (χ1) is 13.1. The first kappa shape index (κ1) is 18.8. The van der Waals surface area contributed by atoms with Crippen LogP contribution in [-0.2, 0) is 6.61 Å². The lowest BCUT2D eigenvalue weighted by Crippen LogP contribution is -2.06. The minimum absolute atomic E-state index is 0.0936. The van der Waals surface area contributed by atoms with E-state index in [0.717, 1.165) is 40.8 Å². The van der Waals surface area contributed by atoms with Gasteiger partial charge in [0, 0.05) is 29.1 Å². The highest BCUT2D eigenvalue weighted by atomic mass is 16.5. The van der Waals surface area contributed by atoms with Crippen molar-refractivity contribution >= 4 is 10.9 Å². The molecule has 3 aromatic rings. The van der Waals surface area contributed by atoms with Gasteiger partial charge in [-0.05, 0) is 25.5 Å². The lowest BCUT2D eigenvalue weighted by Gasteiger charge is -2.16. The van der Waals surface area contributed by atoms with Crippen molar-refractivity contribution in [2.24, 2.45) is 0 Å². The van der Waals surface area contributed by atoms with Gasteiger partial charge in [-0.1, -0.05) is 25.5 Å². The molecule has 2 aromatic carbocycles. The monoisotopic (exact) mass is 367 g/mol. The Hall–Kier alpha value is -2.95. The highest BCUT2D eigenvalue weighted by Gasteiger charge is 2.14. The number of para-hydroxylation sites is 1. The van der Waals surface area contributed by atoms with Crippen molar-refractivity contribution in [3.63, 3.8) is 0 Å². The Morgan fingerprint density at radius 2 is 1.81 bits per heavy atom. The second kappa shape index (κ2) is 8.62. The summed E-state index contributed by atoms with van der Waals surface area (Å²) in [5, 5.41) is 10.8. The summed E-state index contributed by atoms with van der Waals surface area (Å²) in [6.45, 7) is 5.09. The molecule has 0 amide bonds. The maximum atomic E-state index is 9.79. The standard InChI is InChI=1S/C22H25NO4/c1-4-5-10-26-22-15(2)21(23-20-9-7-6-8-19(20)22)14-27-18-12-16(24)11-17(13-18)25-3/h6-9,11-13,24H,4-5,10,14H2,1-3H3. The Bertz CT molecular complexity index is 924. The zero-order valence-electron chi connectivity index (χ0n) is 16.0. The molecule has 27 heavy (non-hydrogen) atoms. The normalized spacial score (nSPS) is 10.8. The molecular weight excluding hydrogens is 342 g/mol. The molecule has 0 unspecified atom stereocenters.